The van der Waals surface area contributed by atoms with E-state index in [-0.39, 0.29) is 10.7 Å². The first-order chi connectivity index (χ1) is 13.8. The molecular formula is C21H19BrN2O4S. The summed E-state index contributed by atoms with van der Waals surface area (Å²) in [5.41, 5.74) is 3.04. The van der Waals surface area contributed by atoms with Gasteiger partial charge in [0.15, 0.2) is 16.6 Å². The lowest BCUT2D eigenvalue weighted by Crippen LogP contribution is -2.54. The predicted molar refractivity (Wildman–Crippen MR) is 119 cm³/mol. The molecule has 2 aromatic carbocycles. The van der Waals surface area contributed by atoms with E-state index in [1.54, 1.807) is 12.1 Å². The zero-order chi connectivity index (χ0) is 21.3. The van der Waals surface area contributed by atoms with Crippen LogP contribution < -0.4 is 19.7 Å². The molecule has 1 N–H and O–H groups in total. The standard InChI is InChI=1S/C21H19BrN2O4S/c1-11-5-6-12(2)16(7-11)24-20(26)14(19(25)23-21(24)29)8-13-9-17(27-3)18(28-4)10-15(13)22/h5-10H,1-4H3,(H,23,25,29)/b14-8+. The van der Waals surface area contributed by atoms with E-state index in [1.165, 1.54) is 25.2 Å². The molecule has 0 saturated carbocycles. The first-order valence-electron chi connectivity index (χ1n) is 8.67. The monoisotopic (exact) mass is 474 g/mol. The Bertz CT molecular complexity index is 1060. The second kappa shape index (κ2) is 8.34. The number of carbonyl (C=O) groups excluding carboxylic acids is 2. The number of hydrogen-bond donors (Lipinski definition) is 1. The van der Waals surface area contributed by atoms with Crippen molar-refractivity contribution in [3.63, 3.8) is 0 Å². The van der Waals surface area contributed by atoms with Gasteiger partial charge in [0.2, 0.25) is 0 Å². The van der Waals surface area contributed by atoms with Crippen molar-refractivity contribution in [2.75, 3.05) is 19.1 Å². The molecule has 0 atom stereocenters. The van der Waals surface area contributed by atoms with Gasteiger partial charge in [0.1, 0.15) is 5.57 Å². The predicted octanol–water partition coefficient (Wildman–Crippen LogP) is 3.91. The number of halogens is 1. The second-order valence-corrected chi connectivity index (χ2v) is 7.72. The van der Waals surface area contributed by atoms with Gasteiger partial charge in [-0.25, -0.2) is 0 Å². The van der Waals surface area contributed by atoms with Crippen LogP contribution in [-0.2, 0) is 9.59 Å². The first kappa shape index (κ1) is 21.0. The zero-order valence-corrected chi connectivity index (χ0v) is 18.7. The Labute approximate surface area is 182 Å². The van der Waals surface area contributed by atoms with Gasteiger partial charge in [0, 0.05) is 4.47 Å². The number of benzene rings is 2. The van der Waals surface area contributed by atoms with E-state index in [4.69, 9.17) is 21.7 Å². The van der Waals surface area contributed by atoms with Gasteiger partial charge in [0.25, 0.3) is 11.8 Å². The molecule has 1 saturated heterocycles. The molecule has 6 nitrogen and oxygen atoms in total. The van der Waals surface area contributed by atoms with Gasteiger partial charge in [-0.1, -0.05) is 28.1 Å². The van der Waals surface area contributed by atoms with Gasteiger partial charge >= 0.3 is 0 Å². The van der Waals surface area contributed by atoms with Crippen molar-refractivity contribution in [3.05, 3.63) is 57.1 Å². The number of rotatable bonds is 4. The quantitative estimate of drug-likeness (QED) is 0.413. The Kier molecular flexibility index (Phi) is 6.04. The molecule has 3 rings (SSSR count). The summed E-state index contributed by atoms with van der Waals surface area (Å²) in [6.45, 7) is 3.81. The second-order valence-electron chi connectivity index (χ2n) is 6.48. The molecule has 1 aliphatic heterocycles. The van der Waals surface area contributed by atoms with Crippen LogP contribution in [0, 0.1) is 13.8 Å². The van der Waals surface area contributed by atoms with E-state index in [2.05, 4.69) is 21.2 Å². The minimum Gasteiger partial charge on any atom is -0.493 e. The Morgan fingerprint density at radius 2 is 1.72 bits per heavy atom. The van der Waals surface area contributed by atoms with Crippen LogP contribution >= 0.6 is 28.1 Å². The van der Waals surface area contributed by atoms with Gasteiger partial charge in [0.05, 0.1) is 19.9 Å². The molecule has 0 aromatic heterocycles. The summed E-state index contributed by atoms with van der Waals surface area (Å²) in [4.78, 5) is 27.1. The van der Waals surface area contributed by atoms with Crippen LogP contribution in [-0.4, -0.2) is 31.1 Å². The summed E-state index contributed by atoms with van der Waals surface area (Å²) < 4.78 is 11.2. The van der Waals surface area contributed by atoms with E-state index < -0.39 is 11.8 Å². The van der Waals surface area contributed by atoms with Crippen molar-refractivity contribution in [3.8, 4) is 11.5 Å². The Morgan fingerprint density at radius 1 is 1.07 bits per heavy atom. The van der Waals surface area contributed by atoms with Gasteiger partial charge < -0.3 is 9.47 Å². The largest absolute Gasteiger partial charge is 0.493 e. The number of ether oxygens (including phenoxy) is 2. The molecule has 1 aliphatic rings. The maximum Gasteiger partial charge on any atom is 0.270 e. The maximum absolute atomic E-state index is 13.2. The van der Waals surface area contributed by atoms with Crippen molar-refractivity contribution in [1.82, 2.24) is 5.32 Å². The molecule has 29 heavy (non-hydrogen) atoms. The summed E-state index contributed by atoms with van der Waals surface area (Å²) >= 11 is 8.73. The van der Waals surface area contributed by atoms with Crippen molar-refractivity contribution in [2.24, 2.45) is 0 Å². The number of carbonyl (C=O) groups is 2. The van der Waals surface area contributed by atoms with E-state index in [9.17, 15) is 9.59 Å². The van der Waals surface area contributed by atoms with Crippen molar-refractivity contribution in [1.29, 1.82) is 0 Å². The van der Waals surface area contributed by atoms with E-state index in [0.717, 1.165) is 11.1 Å². The number of nitrogens with zero attached hydrogens (tertiary/aromatic N) is 1. The number of aryl methyl sites for hydroxylation is 2. The number of thiocarbonyl (C=S) groups is 1. The van der Waals surface area contributed by atoms with E-state index in [0.29, 0.717) is 27.2 Å². The molecular weight excluding hydrogens is 456 g/mol. The van der Waals surface area contributed by atoms with Crippen molar-refractivity contribution < 1.29 is 19.1 Å². The third-order valence-electron chi connectivity index (χ3n) is 4.51. The fourth-order valence-electron chi connectivity index (χ4n) is 2.97. The molecule has 1 fully saturated rings. The minimum absolute atomic E-state index is 0.0348. The van der Waals surface area contributed by atoms with Crippen LogP contribution in [0.3, 0.4) is 0 Å². The molecule has 0 spiro atoms. The lowest BCUT2D eigenvalue weighted by molar-refractivity contribution is -0.122. The molecule has 2 aromatic rings. The highest BCUT2D eigenvalue weighted by Crippen LogP contribution is 2.35. The SMILES string of the molecule is COc1cc(Br)c(/C=C2\C(=O)NC(=S)N(c3cc(C)ccc3C)C2=O)cc1OC. The summed E-state index contributed by atoms with van der Waals surface area (Å²) in [6.07, 6.45) is 1.50. The Balaban J connectivity index is 2.10. The number of amides is 2. The van der Waals surface area contributed by atoms with Crippen LogP contribution in [0.25, 0.3) is 6.08 Å². The number of methoxy groups -OCH3 is 2. The molecule has 0 aliphatic carbocycles. The molecule has 2 amide bonds. The number of anilines is 1. The van der Waals surface area contributed by atoms with E-state index >= 15 is 0 Å². The van der Waals surface area contributed by atoms with Crippen LogP contribution in [0.1, 0.15) is 16.7 Å². The fourth-order valence-corrected chi connectivity index (χ4v) is 3.68. The lowest BCUT2D eigenvalue weighted by atomic mass is 10.0. The summed E-state index contributed by atoms with van der Waals surface area (Å²) in [6, 6.07) is 9.12. The Hall–Kier alpha value is -2.71. The van der Waals surface area contributed by atoms with Gasteiger partial charge in [-0.3, -0.25) is 19.8 Å². The van der Waals surface area contributed by atoms with Crippen LogP contribution in [0.4, 0.5) is 5.69 Å². The molecule has 0 unspecified atom stereocenters. The smallest absolute Gasteiger partial charge is 0.270 e. The average molecular weight is 475 g/mol. The fraction of sp³-hybridized carbons (Fsp3) is 0.190. The summed E-state index contributed by atoms with van der Waals surface area (Å²) in [5, 5.41) is 2.66. The summed E-state index contributed by atoms with van der Waals surface area (Å²) in [7, 11) is 3.05. The highest BCUT2D eigenvalue weighted by molar-refractivity contribution is 9.10. The highest BCUT2D eigenvalue weighted by atomic mass is 79.9. The number of nitrogens with one attached hydrogen (secondary N) is 1. The normalized spacial score (nSPS) is 15.6. The minimum atomic E-state index is -0.553. The first-order valence-corrected chi connectivity index (χ1v) is 9.87. The molecule has 150 valence electrons. The zero-order valence-electron chi connectivity index (χ0n) is 16.3. The topological polar surface area (TPSA) is 67.9 Å². The molecule has 0 radical (unpaired) electrons. The average Bonchev–Trinajstić information content (AvgIpc) is 2.68. The molecule has 8 heteroatoms. The van der Waals surface area contributed by atoms with Crippen LogP contribution in [0.5, 0.6) is 11.5 Å². The number of hydrogen-bond acceptors (Lipinski definition) is 5. The van der Waals surface area contributed by atoms with Crippen LogP contribution in [0.15, 0.2) is 40.4 Å². The van der Waals surface area contributed by atoms with Gasteiger partial charge in [-0.2, -0.15) is 0 Å². The molecule has 0 bridgehead atoms. The van der Waals surface area contributed by atoms with Crippen LogP contribution in [0.2, 0.25) is 0 Å². The van der Waals surface area contributed by atoms with E-state index in [1.807, 2.05) is 32.0 Å². The lowest BCUT2D eigenvalue weighted by Gasteiger charge is -2.30. The van der Waals surface area contributed by atoms with Gasteiger partial charge in [-0.05, 0) is 67.0 Å². The van der Waals surface area contributed by atoms with Crippen molar-refractivity contribution >= 4 is 56.8 Å². The van der Waals surface area contributed by atoms with Gasteiger partial charge in [-0.15, -0.1) is 0 Å². The third kappa shape index (κ3) is 4.04. The maximum atomic E-state index is 13.2. The Morgan fingerprint density at radius 3 is 2.38 bits per heavy atom. The molecule has 1 heterocycles. The van der Waals surface area contributed by atoms with Crippen molar-refractivity contribution in [2.45, 2.75) is 13.8 Å². The summed E-state index contributed by atoms with van der Waals surface area (Å²) in [5.74, 6) is -0.0374. The highest BCUT2D eigenvalue weighted by Gasteiger charge is 2.35. The third-order valence-corrected chi connectivity index (χ3v) is 5.48.